The van der Waals surface area contributed by atoms with Gasteiger partial charge in [0.1, 0.15) is 5.02 Å². The van der Waals surface area contributed by atoms with E-state index in [1.54, 1.807) is 6.20 Å². The van der Waals surface area contributed by atoms with E-state index in [4.69, 9.17) is 17.3 Å². The molecule has 3 N–H and O–H groups in total. The number of hydrogen-bond acceptors (Lipinski definition) is 5. The van der Waals surface area contributed by atoms with Gasteiger partial charge >= 0.3 is 0 Å². The summed E-state index contributed by atoms with van der Waals surface area (Å²) in [6.07, 6.45) is 3.20. The molecule has 0 radical (unpaired) electrons. The van der Waals surface area contributed by atoms with Gasteiger partial charge in [0.15, 0.2) is 5.82 Å². The number of benzene rings is 1. The summed E-state index contributed by atoms with van der Waals surface area (Å²) in [5, 5.41) is 4.57. The van der Waals surface area contributed by atoms with Gasteiger partial charge in [-0.2, -0.15) is 4.98 Å². The topological polar surface area (TPSA) is 76.7 Å². The van der Waals surface area contributed by atoms with Crippen LogP contribution in [0.1, 0.15) is 0 Å². The van der Waals surface area contributed by atoms with Crippen LogP contribution in [0.3, 0.4) is 0 Å². The molecule has 0 fully saturated rings. The summed E-state index contributed by atoms with van der Waals surface area (Å²) in [6, 6.07) is 9.71. The first-order valence-electron chi connectivity index (χ1n) is 5.63. The SMILES string of the molecule is Nc1ncc(Cl)c(Nc2cccc3cccnc23)n1. The highest BCUT2D eigenvalue weighted by Gasteiger charge is 2.07. The van der Waals surface area contributed by atoms with Crippen molar-refractivity contribution in [2.45, 2.75) is 0 Å². The Balaban J connectivity index is 2.08. The number of pyridine rings is 1. The predicted octanol–water partition coefficient (Wildman–Crippen LogP) is 3.00. The molecule has 0 amide bonds. The van der Waals surface area contributed by atoms with E-state index < -0.39 is 0 Å². The van der Waals surface area contributed by atoms with E-state index in [1.807, 2.05) is 30.3 Å². The quantitative estimate of drug-likeness (QED) is 0.749. The number of nitrogens with one attached hydrogen (secondary N) is 1. The Morgan fingerprint density at radius 1 is 1.11 bits per heavy atom. The lowest BCUT2D eigenvalue weighted by molar-refractivity contribution is 1.18. The highest BCUT2D eigenvalue weighted by atomic mass is 35.5. The summed E-state index contributed by atoms with van der Waals surface area (Å²) in [4.78, 5) is 12.2. The molecule has 2 aromatic heterocycles. The second kappa shape index (κ2) is 4.70. The fourth-order valence-corrected chi connectivity index (χ4v) is 1.94. The first kappa shape index (κ1) is 11.7. The molecule has 0 aliphatic carbocycles. The maximum Gasteiger partial charge on any atom is 0.222 e. The molecular formula is C13H10ClN5. The van der Waals surface area contributed by atoms with Gasteiger partial charge in [0.25, 0.3) is 0 Å². The minimum absolute atomic E-state index is 0.167. The molecule has 6 heteroatoms. The number of nitrogens with zero attached hydrogens (tertiary/aromatic N) is 3. The van der Waals surface area contributed by atoms with E-state index in [1.165, 1.54) is 6.20 Å². The average Bonchev–Trinajstić information content (AvgIpc) is 2.43. The van der Waals surface area contributed by atoms with Gasteiger partial charge in [0.05, 0.1) is 17.4 Å². The zero-order valence-electron chi connectivity index (χ0n) is 9.84. The van der Waals surface area contributed by atoms with Crippen molar-refractivity contribution in [2.24, 2.45) is 0 Å². The third kappa shape index (κ3) is 2.28. The van der Waals surface area contributed by atoms with Gasteiger partial charge in [-0.3, -0.25) is 4.98 Å². The number of nitrogens with two attached hydrogens (primary N) is 1. The largest absolute Gasteiger partial charge is 0.368 e. The van der Waals surface area contributed by atoms with Crippen LogP contribution >= 0.6 is 11.6 Å². The van der Waals surface area contributed by atoms with Crippen molar-refractivity contribution < 1.29 is 0 Å². The first-order chi connectivity index (χ1) is 9.24. The molecule has 0 saturated carbocycles. The molecule has 5 nitrogen and oxygen atoms in total. The highest BCUT2D eigenvalue weighted by Crippen LogP contribution is 2.27. The van der Waals surface area contributed by atoms with Gasteiger partial charge in [0, 0.05) is 11.6 Å². The van der Waals surface area contributed by atoms with Crippen LogP contribution in [0, 0.1) is 0 Å². The van der Waals surface area contributed by atoms with Crippen molar-refractivity contribution >= 4 is 40.0 Å². The Kier molecular flexibility index (Phi) is 2.89. The normalized spacial score (nSPS) is 10.6. The molecule has 0 aliphatic heterocycles. The van der Waals surface area contributed by atoms with E-state index in [-0.39, 0.29) is 5.95 Å². The predicted molar refractivity (Wildman–Crippen MR) is 76.5 cm³/mol. The lowest BCUT2D eigenvalue weighted by atomic mass is 10.2. The van der Waals surface area contributed by atoms with Crippen LogP contribution in [0.25, 0.3) is 10.9 Å². The summed E-state index contributed by atoms with van der Waals surface area (Å²) in [7, 11) is 0. The summed E-state index contributed by atoms with van der Waals surface area (Å²) in [5.74, 6) is 0.632. The maximum absolute atomic E-state index is 6.03. The lowest BCUT2D eigenvalue weighted by Crippen LogP contribution is -2.01. The Hall–Kier alpha value is -2.40. The number of aromatic nitrogens is 3. The van der Waals surface area contributed by atoms with Gasteiger partial charge in [-0.15, -0.1) is 0 Å². The molecular weight excluding hydrogens is 262 g/mol. The molecule has 3 rings (SSSR count). The second-order valence-corrected chi connectivity index (χ2v) is 4.34. The van der Waals surface area contributed by atoms with Crippen LogP contribution < -0.4 is 11.1 Å². The van der Waals surface area contributed by atoms with E-state index in [2.05, 4.69) is 20.3 Å². The Bertz CT molecular complexity index is 739. The molecule has 2 heterocycles. The standard InChI is InChI=1S/C13H10ClN5/c14-9-7-17-13(15)19-12(9)18-10-5-1-3-8-4-2-6-16-11(8)10/h1-7H,(H3,15,17,18,19). The monoisotopic (exact) mass is 271 g/mol. The van der Waals surface area contributed by atoms with Crippen molar-refractivity contribution in [3.05, 3.63) is 47.7 Å². The summed E-state index contributed by atoms with van der Waals surface area (Å²) < 4.78 is 0. The molecule has 0 atom stereocenters. The second-order valence-electron chi connectivity index (χ2n) is 3.93. The molecule has 0 saturated heterocycles. The molecule has 0 spiro atoms. The van der Waals surface area contributed by atoms with Gasteiger partial charge < -0.3 is 11.1 Å². The average molecular weight is 272 g/mol. The lowest BCUT2D eigenvalue weighted by Gasteiger charge is -2.09. The third-order valence-electron chi connectivity index (χ3n) is 2.65. The Labute approximate surface area is 114 Å². The molecule has 19 heavy (non-hydrogen) atoms. The molecule has 0 bridgehead atoms. The van der Waals surface area contributed by atoms with Crippen LogP contribution in [-0.2, 0) is 0 Å². The van der Waals surface area contributed by atoms with Crippen molar-refractivity contribution in [1.82, 2.24) is 15.0 Å². The van der Waals surface area contributed by atoms with Crippen LogP contribution in [-0.4, -0.2) is 15.0 Å². The van der Waals surface area contributed by atoms with Crippen LogP contribution in [0.4, 0.5) is 17.5 Å². The number of rotatable bonds is 2. The summed E-state index contributed by atoms with van der Waals surface area (Å²) in [5.41, 5.74) is 7.22. The number of halogens is 1. The zero-order valence-corrected chi connectivity index (χ0v) is 10.6. The maximum atomic E-state index is 6.03. The summed E-state index contributed by atoms with van der Waals surface area (Å²) >= 11 is 6.03. The third-order valence-corrected chi connectivity index (χ3v) is 2.93. The van der Waals surface area contributed by atoms with Crippen LogP contribution in [0.15, 0.2) is 42.7 Å². The van der Waals surface area contributed by atoms with Crippen molar-refractivity contribution in [1.29, 1.82) is 0 Å². The van der Waals surface area contributed by atoms with E-state index in [9.17, 15) is 0 Å². The van der Waals surface area contributed by atoms with Gasteiger partial charge in [-0.1, -0.05) is 29.8 Å². The zero-order chi connectivity index (χ0) is 13.2. The fraction of sp³-hybridized carbons (Fsp3) is 0. The molecule has 3 aromatic rings. The van der Waals surface area contributed by atoms with Crippen molar-refractivity contribution in [2.75, 3.05) is 11.1 Å². The minimum Gasteiger partial charge on any atom is -0.368 e. The number of nitrogen functional groups attached to an aromatic ring is 1. The van der Waals surface area contributed by atoms with E-state index >= 15 is 0 Å². The highest BCUT2D eigenvalue weighted by molar-refractivity contribution is 6.33. The number of anilines is 3. The van der Waals surface area contributed by atoms with Crippen molar-refractivity contribution in [3.63, 3.8) is 0 Å². The number of para-hydroxylation sites is 1. The van der Waals surface area contributed by atoms with Crippen molar-refractivity contribution in [3.8, 4) is 0 Å². The van der Waals surface area contributed by atoms with Gasteiger partial charge in [-0.05, 0) is 12.1 Å². The fourth-order valence-electron chi connectivity index (χ4n) is 1.80. The van der Waals surface area contributed by atoms with Crippen LogP contribution in [0.5, 0.6) is 0 Å². The summed E-state index contributed by atoms with van der Waals surface area (Å²) in [6.45, 7) is 0. The molecule has 0 unspecified atom stereocenters. The Morgan fingerprint density at radius 3 is 2.84 bits per heavy atom. The van der Waals surface area contributed by atoms with Crippen LogP contribution in [0.2, 0.25) is 5.02 Å². The smallest absolute Gasteiger partial charge is 0.222 e. The van der Waals surface area contributed by atoms with E-state index in [0.717, 1.165) is 16.6 Å². The number of hydrogen-bond donors (Lipinski definition) is 2. The number of fused-ring (bicyclic) bond motifs is 1. The van der Waals surface area contributed by atoms with Gasteiger partial charge in [0.2, 0.25) is 5.95 Å². The first-order valence-corrected chi connectivity index (χ1v) is 6.00. The van der Waals surface area contributed by atoms with E-state index in [0.29, 0.717) is 10.8 Å². The molecule has 94 valence electrons. The minimum atomic E-state index is 0.167. The Morgan fingerprint density at radius 2 is 1.95 bits per heavy atom. The molecule has 1 aromatic carbocycles. The van der Waals surface area contributed by atoms with Gasteiger partial charge in [-0.25, -0.2) is 4.98 Å². The molecule has 0 aliphatic rings.